The quantitative estimate of drug-likeness (QED) is 0.683. The maximum Gasteiger partial charge on any atom is 0.267 e. The van der Waals surface area contributed by atoms with E-state index in [0.29, 0.717) is 16.9 Å². The minimum absolute atomic E-state index is 0.190. The van der Waals surface area contributed by atoms with E-state index in [1.807, 2.05) is 6.07 Å². The summed E-state index contributed by atoms with van der Waals surface area (Å²) in [6.07, 6.45) is 2.85. The fourth-order valence-electron chi connectivity index (χ4n) is 2.10. The number of carbonyl (C=O) groups is 2. The summed E-state index contributed by atoms with van der Waals surface area (Å²) < 4.78 is 0. The third-order valence-electron chi connectivity index (χ3n) is 3.20. The first-order valence-corrected chi connectivity index (χ1v) is 6.60. The predicted octanol–water partition coefficient (Wildman–Crippen LogP) is 1.57. The van der Waals surface area contributed by atoms with Gasteiger partial charge in [-0.3, -0.25) is 9.59 Å². The van der Waals surface area contributed by atoms with Crippen molar-refractivity contribution in [3.63, 3.8) is 0 Å². The number of nitrogens with one attached hydrogen (secondary N) is 3. The molecular weight excluding hydrogens is 282 g/mol. The van der Waals surface area contributed by atoms with Gasteiger partial charge in [-0.25, -0.2) is 0 Å². The Morgan fingerprint density at radius 1 is 1.09 bits per heavy atom. The molecule has 3 rings (SSSR count). The first kappa shape index (κ1) is 13.7. The topological polar surface area (TPSA) is 99.8 Å². The Kier molecular flexibility index (Phi) is 3.53. The fraction of sp³-hybridized carbons (Fsp3) is 0.0667. The number of nitrogens with zero attached hydrogens (tertiary/aromatic N) is 2. The molecule has 2 amide bonds. The van der Waals surface area contributed by atoms with Crippen molar-refractivity contribution in [2.45, 2.75) is 0 Å². The van der Waals surface area contributed by atoms with Crippen LogP contribution in [0.5, 0.6) is 0 Å². The number of aromatic amines is 1. The van der Waals surface area contributed by atoms with E-state index in [4.69, 9.17) is 0 Å². The second-order valence-electron chi connectivity index (χ2n) is 4.65. The minimum Gasteiger partial charge on any atom is -0.354 e. The normalized spacial score (nSPS) is 10.4. The van der Waals surface area contributed by atoms with Gasteiger partial charge in [-0.2, -0.15) is 10.2 Å². The maximum absolute atomic E-state index is 12.1. The zero-order chi connectivity index (χ0) is 15.5. The Morgan fingerprint density at radius 3 is 2.68 bits per heavy atom. The number of hydrogen-bond donors (Lipinski definition) is 3. The molecule has 0 unspecified atom stereocenters. The summed E-state index contributed by atoms with van der Waals surface area (Å²) in [5.74, 6) is -0.457. The van der Waals surface area contributed by atoms with Crippen LogP contribution in [0, 0.1) is 0 Å². The van der Waals surface area contributed by atoms with Gasteiger partial charge in [0.05, 0.1) is 18.0 Å². The molecule has 2 heterocycles. The summed E-state index contributed by atoms with van der Waals surface area (Å²) >= 11 is 0. The highest BCUT2D eigenvalue weighted by Crippen LogP contribution is 2.20. The van der Waals surface area contributed by atoms with Crippen LogP contribution in [0.25, 0.3) is 10.9 Å². The molecule has 0 aliphatic rings. The Balaban J connectivity index is 1.86. The molecule has 110 valence electrons. The number of benzene rings is 1. The SMILES string of the molecule is CNC(=O)c1cc2cc(NC(=O)c3ccnnc3)ccc2[nH]1. The molecule has 0 bridgehead atoms. The van der Waals surface area contributed by atoms with E-state index in [9.17, 15) is 9.59 Å². The lowest BCUT2D eigenvalue weighted by atomic mass is 10.2. The molecule has 7 heteroatoms. The van der Waals surface area contributed by atoms with Crippen LogP contribution in [0.15, 0.2) is 42.7 Å². The lowest BCUT2D eigenvalue weighted by Gasteiger charge is -2.04. The highest BCUT2D eigenvalue weighted by atomic mass is 16.2. The molecule has 3 aromatic rings. The highest BCUT2D eigenvalue weighted by molar-refractivity contribution is 6.05. The van der Waals surface area contributed by atoms with Gasteiger partial charge >= 0.3 is 0 Å². The van der Waals surface area contributed by atoms with Crippen molar-refractivity contribution in [2.24, 2.45) is 0 Å². The third kappa shape index (κ3) is 2.64. The summed E-state index contributed by atoms with van der Waals surface area (Å²) in [7, 11) is 1.57. The van der Waals surface area contributed by atoms with Gasteiger partial charge in [-0.1, -0.05) is 0 Å². The maximum atomic E-state index is 12.1. The summed E-state index contributed by atoms with van der Waals surface area (Å²) in [6, 6.07) is 8.69. The van der Waals surface area contributed by atoms with E-state index in [1.165, 1.54) is 12.4 Å². The molecule has 0 fully saturated rings. The molecule has 2 aromatic heterocycles. The molecule has 0 saturated carbocycles. The average Bonchev–Trinajstić information content (AvgIpc) is 2.98. The van der Waals surface area contributed by atoms with Crippen molar-refractivity contribution in [3.8, 4) is 0 Å². The lowest BCUT2D eigenvalue weighted by Crippen LogP contribution is -2.17. The van der Waals surface area contributed by atoms with Gasteiger partial charge in [-0.05, 0) is 30.3 Å². The van der Waals surface area contributed by atoms with Crippen LogP contribution in [-0.4, -0.2) is 34.0 Å². The predicted molar refractivity (Wildman–Crippen MR) is 81.7 cm³/mol. The van der Waals surface area contributed by atoms with E-state index in [0.717, 1.165) is 10.9 Å². The van der Waals surface area contributed by atoms with Crippen molar-refractivity contribution < 1.29 is 9.59 Å². The first-order chi connectivity index (χ1) is 10.7. The van der Waals surface area contributed by atoms with Gasteiger partial charge in [0.15, 0.2) is 0 Å². The molecule has 0 aliphatic carbocycles. The number of H-pyrrole nitrogens is 1. The summed E-state index contributed by atoms with van der Waals surface area (Å²) in [4.78, 5) is 26.7. The van der Waals surface area contributed by atoms with E-state index >= 15 is 0 Å². The monoisotopic (exact) mass is 295 g/mol. The third-order valence-corrected chi connectivity index (χ3v) is 3.20. The van der Waals surface area contributed by atoms with Gasteiger partial charge in [0.25, 0.3) is 11.8 Å². The zero-order valence-corrected chi connectivity index (χ0v) is 11.8. The van der Waals surface area contributed by atoms with E-state index in [2.05, 4.69) is 25.8 Å². The lowest BCUT2D eigenvalue weighted by molar-refractivity contribution is 0.0958. The molecule has 0 atom stereocenters. The van der Waals surface area contributed by atoms with Gasteiger partial charge < -0.3 is 15.6 Å². The number of anilines is 1. The number of fused-ring (bicyclic) bond motifs is 1. The molecule has 1 aromatic carbocycles. The van der Waals surface area contributed by atoms with Gasteiger partial charge in [0.1, 0.15) is 5.69 Å². The standard InChI is InChI=1S/C15H13N5O2/c1-16-15(22)13-7-10-6-11(2-3-12(10)20-13)19-14(21)9-4-5-17-18-8-9/h2-8,20H,1H3,(H,16,22)(H,19,21). The van der Waals surface area contributed by atoms with E-state index in [-0.39, 0.29) is 11.8 Å². The largest absolute Gasteiger partial charge is 0.354 e. The van der Waals surface area contributed by atoms with Crippen molar-refractivity contribution in [1.29, 1.82) is 0 Å². The summed E-state index contributed by atoms with van der Waals surface area (Å²) in [5, 5.41) is 13.5. The zero-order valence-electron chi connectivity index (χ0n) is 11.8. The van der Waals surface area contributed by atoms with Gasteiger partial charge in [0.2, 0.25) is 0 Å². The van der Waals surface area contributed by atoms with Crippen molar-refractivity contribution in [2.75, 3.05) is 12.4 Å². The molecular formula is C15H13N5O2. The van der Waals surface area contributed by atoms with Gasteiger partial charge in [-0.15, -0.1) is 0 Å². The van der Waals surface area contributed by atoms with Gasteiger partial charge in [0, 0.05) is 23.6 Å². The molecule has 7 nitrogen and oxygen atoms in total. The first-order valence-electron chi connectivity index (χ1n) is 6.60. The van der Waals surface area contributed by atoms with Crippen molar-refractivity contribution in [1.82, 2.24) is 20.5 Å². The van der Waals surface area contributed by atoms with Crippen LogP contribution < -0.4 is 10.6 Å². The fourth-order valence-corrected chi connectivity index (χ4v) is 2.10. The second-order valence-corrected chi connectivity index (χ2v) is 4.65. The molecule has 0 radical (unpaired) electrons. The Hall–Kier alpha value is -3.22. The number of hydrogen-bond acceptors (Lipinski definition) is 4. The van der Waals surface area contributed by atoms with E-state index < -0.39 is 0 Å². The molecule has 0 aliphatic heterocycles. The molecule has 3 N–H and O–H groups in total. The number of rotatable bonds is 3. The average molecular weight is 295 g/mol. The summed E-state index contributed by atoms with van der Waals surface area (Å²) in [6.45, 7) is 0. The number of aromatic nitrogens is 3. The Bertz CT molecular complexity index is 842. The molecule has 0 saturated heterocycles. The van der Waals surface area contributed by atoms with Crippen LogP contribution in [0.2, 0.25) is 0 Å². The van der Waals surface area contributed by atoms with Crippen LogP contribution >= 0.6 is 0 Å². The number of amides is 2. The smallest absolute Gasteiger partial charge is 0.267 e. The van der Waals surface area contributed by atoms with E-state index in [1.54, 1.807) is 31.3 Å². The number of carbonyl (C=O) groups excluding carboxylic acids is 2. The minimum atomic E-state index is -0.267. The van der Waals surface area contributed by atoms with Crippen molar-refractivity contribution in [3.05, 3.63) is 54.0 Å². The Morgan fingerprint density at radius 2 is 1.95 bits per heavy atom. The molecule has 0 spiro atoms. The van der Waals surface area contributed by atoms with Crippen LogP contribution in [-0.2, 0) is 0 Å². The highest BCUT2D eigenvalue weighted by Gasteiger charge is 2.10. The van der Waals surface area contributed by atoms with Crippen LogP contribution in [0.4, 0.5) is 5.69 Å². The Labute approximate surface area is 125 Å². The van der Waals surface area contributed by atoms with Crippen molar-refractivity contribution >= 4 is 28.4 Å². The molecule has 22 heavy (non-hydrogen) atoms. The summed E-state index contributed by atoms with van der Waals surface area (Å²) in [5.41, 5.74) is 2.36. The van der Waals surface area contributed by atoms with Crippen LogP contribution in [0.1, 0.15) is 20.8 Å². The second kappa shape index (κ2) is 5.65. The van der Waals surface area contributed by atoms with Crippen LogP contribution in [0.3, 0.4) is 0 Å².